The minimum absolute atomic E-state index is 0.0803. The Balaban J connectivity index is 1.78. The lowest BCUT2D eigenvalue weighted by Gasteiger charge is -2.25. The van der Waals surface area contributed by atoms with Crippen molar-refractivity contribution in [1.29, 1.82) is 0 Å². The number of rotatable bonds is 15. The number of amides is 1. The first-order chi connectivity index (χ1) is 20.1. The number of hydrogen-bond donors (Lipinski definition) is 2. The summed E-state index contributed by atoms with van der Waals surface area (Å²) in [5.41, 5.74) is 9.50. The van der Waals surface area contributed by atoms with Crippen molar-refractivity contribution in [3.8, 4) is 0 Å². The van der Waals surface area contributed by atoms with E-state index >= 15 is 0 Å². The molecule has 42 heavy (non-hydrogen) atoms. The fourth-order valence-corrected chi connectivity index (χ4v) is 4.75. The largest absolute Gasteiger partial charge is 0.456 e. The maximum atomic E-state index is 13.8. The zero-order valence-electron chi connectivity index (χ0n) is 24.9. The van der Waals surface area contributed by atoms with Gasteiger partial charge in [0, 0.05) is 50.7 Å². The first kappa shape index (κ1) is 32.8. The van der Waals surface area contributed by atoms with E-state index in [1.807, 2.05) is 26.0 Å². The number of nitrogens with zero attached hydrogens (tertiary/aromatic N) is 2. The van der Waals surface area contributed by atoms with E-state index in [0.29, 0.717) is 36.7 Å². The summed E-state index contributed by atoms with van der Waals surface area (Å²) in [5.74, 6) is -1.92. The van der Waals surface area contributed by atoms with Gasteiger partial charge in [-0.15, -0.1) is 0 Å². The first-order valence-electron chi connectivity index (χ1n) is 14.6. The van der Waals surface area contributed by atoms with E-state index in [1.54, 1.807) is 4.90 Å². The quantitative estimate of drug-likeness (QED) is 0.226. The van der Waals surface area contributed by atoms with Gasteiger partial charge < -0.3 is 20.7 Å². The Hall–Kier alpha value is -3.69. The van der Waals surface area contributed by atoms with E-state index in [-0.39, 0.29) is 24.4 Å². The predicted octanol–water partition coefficient (Wildman–Crippen LogP) is 5.63. The molecule has 0 aliphatic heterocycles. The minimum atomic E-state index is -0.840. The zero-order chi connectivity index (χ0) is 30.6. The van der Waals surface area contributed by atoms with Crippen LogP contribution in [-0.4, -0.2) is 53.5 Å². The molecule has 0 unspecified atom stereocenters. The summed E-state index contributed by atoms with van der Waals surface area (Å²) in [6.45, 7) is 10.2. The highest BCUT2D eigenvalue weighted by atomic mass is 19.1. The monoisotopic (exact) mass is 580 g/mol. The molecule has 0 saturated carbocycles. The highest BCUT2D eigenvalue weighted by molar-refractivity contribution is 5.97. The molecule has 0 saturated heterocycles. The zero-order valence-corrected chi connectivity index (χ0v) is 24.9. The summed E-state index contributed by atoms with van der Waals surface area (Å²) in [4.78, 5) is 32.2. The molecule has 0 radical (unpaired) electrons. The molecule has 1 amide bonds. The molecule has 9 heteroatoms. The molecule has 3 aromatic rings. The number of aromatic nitrogens is 1. The summed E-state index contributed by atoms with van der Waals surface area (Å²) >= 11 is 0. The minimum Gasteiger partial charge on any atom is -0.456 e. The van der Waals surface area contributed by atoms with Crippen molar-refractivity contribution in [3.05, 3.63) is 100 Å². The molecule has 226 valence electrons. The molecule has 3 N–H and O–H groups in total. The fourth-order valence-electron chi connectivity index (χ4n) is 4.75. The van der Waals surface area contributed by atoms with E-state index in [1.165, 1.54) is 36.2 Å². The highest BCUT2D eigenvalue weighted by Crippen LogP contribution is 2.17. The van der Waals surface area contributed by atoms with Crippen LogP contribution in [0.2, 0.25) is 0 Å². The summed E-state index contributed by atoms with van der Waals surface area (Å²) in [6.07, 6.45) is 3.64. The molecule has 3 rings (SSSR count). The number of esters is 1. The van der Waals surface area contributed by atoms with Crippen LogP contribution in [0.15, 0.2) is 60.9 Å². The average molecular weight is 581 g/mol. The van der Waals surface area contributed by atoms with Gasteiger partial charge in [-0.1, -0.05) is 52.0 Å². The molecule has 2 atom stereocenters. The maximum Gasteiger partial charge on any atom is 0.340 e. The molecule has 0 bridgehead atoms. The van der Waals surface area contributed by atoms with Crippen molar-refractivity contribution >= 4 is 11.9 Å². The molecule has 0 spiro atoms. The number of pyridine rings is 1. The van der Waals surface area contributed by atoms with Gasteiger partial charge in [-0.3, -0.25) is 9.78 Å². The average Bonchev–Trinajstić information content (AvgIpc) is 2.95. The molecule has 7 nitrogen and oxygen atoms in total. The van der Waals surface area contributed by atoms with E-state index in [2.05, 4.69) is 36.3 Å². The second-order valence-corrected chi connectivity index (χ2v) is 10.9. The number of nitrogens with one attached hydrogen (secondary N) is 1. The fraction of sp³-hybridized carbons (Fsp3) is 0.424. The van der Waals surface area contributed by atoms with E-state index in [9.17, 15) is 18.4 Å². The molecular formula is C33H42F2N4O3. The Morgan fingerprint density at radius 3 is 2.26 bits per heavy atom. The van der Waals surface area contributed by atoms with Gasteiger partial charge in [0.05, 0.1) is 11.1 Å². The third-order valence-corrected chi connectivity index (χ3v) is 6.92. The van der Waals surface area contributed by atoms with Crippen molar-refractivity contribution in [3.63, 3.8) is 0 Å². The van der Waals surface area contributed by atoms with Crippen molar-refractivity contribution in [1.82, 2.24) is 15.2 Å². The summed E-state index contributed by atoms with van der Waals surface area (Å²) in [7, 11) is 0. The Morgan fingerprint density at radius 1 is 0.952 bits per heavy atom. The lowest BCUT2D eigenvalue weighted by Crippen LogP contribution is -2.46. The SMILES string of the molecule is CCCN(CCC)C(=O)c1cncc(C(=O)O[C@H](CNCc2cccc(C(C)C)c2)[C@@H](N)Cc2cc(F)cc(F)c2)c1. The van der Waals surface area contributed by atoms with Crippen LogP contribution in [0.5, 0.6) is 0 Å². The lowest BCUT2D eigenvalue weighted by molar-refractivity contribution is 0.0237. The number of hydrogen-bond acceptors (Lipinski definition) is 6. The van der Waals surface area contributed by atoms with E-state index < -0.39 is 29.7 Å². The topological polar surface area (TPSA) is 97.5 Å². The van der Waals surface area contributed by atoms with Gasteiger partial charge in [-0.25, -0.2) is 13.6 Å². The number of carbonyl (C=O) groups is 2. The van der Waals surface area contributed by atoms with Gasteiger partial charge in [0.1, 0.15) is 17.7 Å². The Bertz CT molecular complexity index is 1310. The van der Waals surface area contributed by atoms with Crippen molar-refractivity contribution in [2.45, 2.75) is 71.6 Å². The standard InChI is InChI=1S/C33H42F2N4O3/c1-5-10-39(11-6-2)32(40)26-16-27(20-38-19-26)33(41)42-31(30(36)15-24-13-28(34)17-29(35)14-24)21-37-18-23-8-7-9-25(12-23)22(3)4/h7-9,12-14,16-17,19-20,22,30-31,37H,5-6,10-11,15,18,21,36H2,1-4H3/t30-,31+/m0/s1. The van der Waals surface area contributed by atoms with Gasteiger partial charge in [0.2, 0.25) is 0 Å². The normalized spacial score (nSPS) is 12.7. The van der Waals surface area contributed by atoms with Crippen LogP contribution in [0.3, 0.4) is 0 Å². The van der Waals surface area contributed by atoms with Crippen molar-refractivity contribution < 1.29 is 23.1 Å². The van der Waals surface area contributed by atoms with Crippen LogP contribution in [-0.2, 0) is 17.7 Å². The van der Waals surface area contributed by atoms with Gasteiger partial charge in [0.25, 0.3) is 5.91 Å². The van der Waals surface area contributed by atoms with Crippen LogP contribution in [0.4, 0.5) is 8.78 Å². The van der Waals surface area contributed by atoms with Crippen LogP contribution < -0.4 is 11.1 Å². The second kappa shape index (κ2) is 16.1. The van der Waals surface area contributed by atoms with Gasteiger partial charge in [-0.05, 0) is 60.1 Å². The number of ether oxygens (including phenoxy) is 1. The second-order valence-electron chi connectivity index (χ2n) is 10.9. The van der Waals surface area contributed by atoms with Crippen LogP contribution >= 0.6 is 0 Å². The highest BCUT2D eigenvalue weighted by Gasteiger charge is 2.25. The molecule has 1 heterocycles. The predicted molar refractivity (Wildman–Crippen MR) is 160 cm³/mol. The molecule has 2 aromatic carbocycles. The summed E-state index contributed by atoms with van der Waals surface area (Å²) < 4.78 is 33.5. The smallest absolute Gasteiger partial charge is 0.340 e. The van der Waals surface area contributed by atoms with Crippen LogP contribution in [0, 0.1) is 11.6 Å². The summed E-state index contributed by atoms with van der Waals surface area (Å²) in [5, 5.41) is 3.31. The number of carbonyl (C=O) groups excluding carboxylic acids is 2. The maximum absolute atomic E-state index is 13.8. The van der Waals surface area contributed by atoms with E-state index in [0.717, 1.165) is 24.5 Å². The molecule has 0 aliphatic carbocycles. The van der Waals surface area contributed by atoms with Crippen LogP contribution in [0.1, 0.15) is 83.9 Å². The third kappa shape index (κ3) is 9.70. The summed E-state index contributed by atoms with van der Waals surface area (Å²) in [6, 6.07) is 12.1. The third-order valence-electron chi connectivity index (χ3n) is 6.92. The lowest BCUT2D eigenvalue weighted by atomic mass is 10.0. The first-order valence-corrected chi connectivity index (χ1v) is 14.6. The van der Waals surface area contributed by atoms with Crippen molar-refractivity contribution in [2.75, 3.05) is 19.6 Å². The molecule has 1 aromatic heterocycles. The van der Waals surface area contributed by atoms with Crippen molar-refractivity contribution in [2.24, 2.45) is 5.73 Å². The number of nitrogens with two attached hydrogens (primary N) is 1. The number of benzene rings is 2. The Morgan fingerprint density at radius 2 is 1.62 bits per heavy atom. The Labute approximate surface area is 247 Å². The number of halogens is 2. The van der Waals surface area contributed by atoms with Gasteiger partial charge in [0.15, 0.2) is 0 Å². The Kier molecular flexibility index (Phi) is 12.6. The van der Waals surface area contributed by atoms with E-state index in [4.69, 9.17) is 10.5 Å². The molecular weight excluding hydrogens is 538 g/mol. The van der Waals surface area contributed by atoms with Crippen LogP contribution in [0.25, 0.3) is 0 Å². The van der Waals surface area contributed by atoms with Gasteiger partial charge >= 0.3 is 5.97 Å². The molecule has 0 fully saturated rings. The van der Waals surface area contributed by atoms with Gasteiger partial charge in [-0.2, -0.15) is 0 Å². The molecule has 0 aliphatic rings.